The van der Waals surface area contributed by atoms with Gasteiger partial charge in [0.2, 0.25) is 5.91 Å². The van der Waals surface area contributed by atoms with E-state index in [2.05, 4.69) is 22.8 Å². The predicted octanol–water partition coefficient (Wildman–Crippen LogP) is 4.48. The predicted molar refractivity (Wildman–Crippen MR) is 106 cm³/mol. The Morgan fingerprint density at radius 1 is 1.29 bits per heavy atom. The number of carbonyl (C=O) groups excluding carboxylic acids is 1. The molecule has 7 nitrogen and oxygen atoms in total. The van der Waals surface area contributed by atoms with Gasteiger partial charge in [-0.25, -0.2) is 0 Å². The molecule has 3 unspecified atom stereocenters. The lowest BCUT2D eigenvalue weighted by molar-refractivity contribution is -0.385. The number of aromatic hydroxyl groups is 1. The van der Waals surface area contributed by atoms with Crippen LogP contribution < -0.4 is 10.6 Å². The molecule has 3 atom stereocenters. The van der Waals surface area contributed by atoms with E-state index in [0.717, 1.165) is 23.4 Å². The third-order valence-electron chi connectivity index (χ3n) is 5.52. The SMILES string of the molecule is CCC(=O)Nc1ccc2c(c1)C1C=CCC1C(c1cc([N+](=O)[O-])ccc1O)N2. The Hall–Kier alpha value is -3.35. The molecule has 144 valence electrons. The standard InChI is InChI=1S/C21H21N3O4/c1-2-20(26)22-12-6-8-18-16(10-12)14-4-3-5-15(14)21(23-18)17-11-13(24(27)28)7-9-19(17)25/h3-4,6-11,14-15,21,23,25H,2,5H2,1H3,(H,22,26). The lowest BCUT2D eigenvalue weighted by atomic mass is 9.76. The van der Waals surface area contributed by atoms with E-state index in [4.69, 9.17) is 0 Å². The third kappa shape index (κ3) is 3.09. The topological polar surface area (TPSA) is 104 Å². The third-order valence-corrected chi connectivity index (χ3v) is 5.52. The maximum Gasteiger partial charge on any atom is 0.270 e. The summed E-state index contributed by atoms with van der Waals surface area (Å²) in [6.45, 7) is 1.81. The van der Waals surface area contributed by atoms with E-state index in [0.29, 0.717) is 12.0 Å². The molecule has 3 N–H and O–H groups in total. The summed E-state index contributed by atoms with van der Waals surface area (Å²) in [4.78, 5) is 22.4. The number of anilines is 2. The normalized spacial score (nSPS) is 22.1. The number of rotatable bonds is 4. The summed E-state index contributed by atoms with van der Waals surface area (Å²) in [5, 5.41) is 27.9. The monoisotopic (exact) mass is 379 g/mol. The Balaban J connectivity index is 1.73. The number of fused-ring (bicyclic) bond motifs is 3. The highest BCUT2D eigenvalue weighted by molar-refractivity contribution is 5.91. The minimum atomic E-state index is -0.452. The maximum atomic E-state index is 11.7. The van der Waals surface area contributed by atoms with Gasteiger partial charge < -0.3 is 15.7 Å². The summed E-state index contributed by atoms with van der Waals surface area (Å²) in [7, 11) is 0. The molecule has 0 fully saturated rings. The molecule has 1 aliphatic carbocycles. The zero-order chi connectivity index (χ0) is 19.8. The van der Waals surface area contributed by atoms with Crippen molar-refractivity contribution in [3.05, 3.63) is 69.8 Å². The highest BCUT2D eigenvalue weighted by Crippen LogP contribution is 2.51. The van der Waals surface area contributed by atoms with E-state index in [9.17, 15) is 20.0 Å². The Bertz CT molecular complexity index is 986. The van der Waals surface area contributed by atoms with Crippen LogP contribution in [0.15, 0.2) is 48.6 Å². The van der Waals surface area contributed by atoms with Crippen LogP contribution in [0.3, 0.4) is 0 Å². The second kappa shape index (κ2) is 6.99. The molecule has 1 heterocycles. The molecule has 28 heavy (non-hydrogen) atoms. The Morgan fingerprint density at radius 2 is 2.11 bits per heavy atom. The van der Waals surface area contributed by atoms with Gasteiger partial charge in [0, 0.05) is 41.4 Å². The van der Waals surface area contributed by atoms with Gasteiger partial charge in [-0.2, -0.15) is 0 Å². The van der Waals surface area contributed by atoms with Gasteiger partial charge in [-0.3, -0.25) is 14.9 Å². The lowest BCUT2D eigenvalue weighted by Crippen LogP contribution is -2.29. The smallest absolute Gasteiger partial charge is 0.270 e. The summed E-state index contributed by atoms with van der Waals surface area (Å²) in [6, 6.07) is 9.61. The maximum absolute atomic E-state index is 11.7. The summed E-state index contributed by atoms with van der Waals surface area (Å²) in [5.74, 6) is 0.238. The Labute approximate surface area is 162 Å². The van der Waals surface area contributed by atoms with Crippen molar-refractivity contribution in [1.82, 2.24) is 0 Å². The number of carbonyl (C=O) groups is 1. The summed E-state index contributed by atoms with van der Waals surface area (Å²) in [6.07, 6.45) is 5.45. The van der Waals surface area contributed by atoms with Gasteiger partial charge in [0.15, 0.2) is 0 Å². The average molecular weight is 379 g/mol. The molecule has 0 aromatic heterocycles. The molecular formula is C21H21N3O4. The van der Waals surface area contributed by atoms with Gasteiger partial charge in [-0.1, -0.05) is 19.1 Å². The van der Waals surface area contributed by atoms with Crippen LogP contribution in [-0.4, -0.2) is 15.9 Å². The number of nitro groups is 1. The number of hydrogen-bond donors (Lipinski definition) is 3. The Kier molecular flexibility index (Phi) is 4.50. The number of allylic oxidation sites excluding steroid dienone is 2. The van der Waals surface area contributed by atoms with Gasteiger partial charge in [0.1, 0.15) is 5.75 Å². The minimum absolute atomic E-state index is 0.0402. The van der Waals surface area contributed by atoms with Crippen molar-refractivity contribution in [2.45, 2.75) is 31.7 Å². The number of amides is 1. The van der Waals surface area contributed by atoms with Crippen molar-refractivity contribution in [3.8, 4) is 5.75 Å². The van der Waals surface area contributed by atoms with E-state index in [-0.39, 0.29) is 35.2 Å². The van der Waals surface area contributed by atoms with E-state index in [1.165, 1.54) is 18.2 Å². The van der Waals surface area contributed by atoms with Gasteiger partial charge >= 0.3 is 0 Å². The van der Waals surface area contributed by atoms with Crippen molar-refractivity contribution >= 4 is 23.0 Å². The number of phenolic OH excluding ortho intramolecular Hbond substituents is 1. The second-order valence-corrected chi connectivity index (χ2v) is 7.18. The molecule has 1 amide bonds. The van der Waals surface area contributed by atoms with Crippen molar-refractivity contribution in [2.24, 2.45) is 5.92 Å². The fraction of sp³-hybridized carbons (Fsp3) is 0.286. The number of benzene rings is 2. The van der Waals surface area contributed by atoms with Crippen LogP contribution in [0.1, 0.15) is 42.9 Å². The van der Waals surface area contributed by atoms with Crippen LogP contribution in [0.2, 0.25) is 0 Å². The molecule has 1 aliphatic heterocycles. The number of nitrogens with zero attached hydrogens (tertiary/aromatic N) is 1. The van der Waals surface area contributed by atoms with E-state index < -0.39 is 4.92 Å². The zero-order valence-electron chi connectivity index (χ0n) is 15.4. The van der Waals surface area contributed by atoms with Crippen LogP contribution in [0.5, 0.6) is 5.75 Å². The second-order valence-electron chi connectivity index (χ2n) is 7.18. The largest absolute Gasteiger partial charge is 0.508 e. The van der Waals surface area contributed by atoms with Crippen molar-refractivity contribution in [1.29, 1.82) is 0 Å². The summed E-state index contributed by atoms with van der Waals surface area (Å²) < 4.78 is 0. The highest BCUT2D eigenvalue weighted by atomic mass is 16.6. The molecule has 0 saturated carbocycles. The molecule has 2 aromatic carbocycles. The van der Waals surface area contributed by atoms with E-state index in [1.807, 2.05) is 18.2 Å². The van der Waals surface area contributed by atoms with Gasteiger partial charge in [0.25, 0.3) is 5.69 Å². The molecule has 0 radical (unpaired) electrons. The molecule has 7 heteroatoms. The van der Waals surface area contributed by atoms with E-state index in [1.54, 1.807) is 6.92 Å². The van der Waals surface area contributed by atoms with Crippen LogP contribution in [0, 0.1) is 16.0 Å². The first kappa shape index (κ1) is 18.0. The van der Waals surface area contributed by atoms with Gasteiger partial charge in [-0.15, -0.1) is 0 Å². The van der Waals surface area contributed by atoms with Gasteiger partial charge in [-0.05, 0) is 42.2 Å². The van der Waals surface area contributed by atoms with Crippen LogP contribution in [-0.2, 0) is 4.79 Å². The first-order chi connectivity index (χ1) is 13.5. The first-order valence-corrected chi connectivity index (χ1v) is 9.32. The van der Waals surface area contributed by atoms with Gasteiger partial charge in [0.05, 0.1) is 11.0 Å². The quantitative estimate of drug-likeness (QED) is 0.413. The van der Waals surface area contributed by atoms with Crippen molar-refractivity contribution in [3.63, 3.8) is 0 Å². The highest BCUT2D eigenvalue weighted by Gasteiger charge is 2.39. The number of phenols is 1. The van der Waals surface area contributed by atoms with Crippen LogP contribution in [0.25, 0.3) is 0 Å². The molecule has 0 bridgehead atoms. The van der Waals surface area contributed by atoms with Crippen molar-refractivity contribution in [2.75, 3.05) is 10.6 Å². The zero-order valence-corrected chi connectivity index (χ0v) is 15.4. The number of nitro benzene ring substituents is 1. The molecular weight excluding hydrogens is 358 g/mol. The lowest BCUT2D eigenvalue weighted by Gasteiger charge is -2.37. The molecule has 0 spiro atoms. The summed E-state index contributed by atoms with van der Waals surface area (Å²) >= 11 is 0. The average Bonchev–Trinajstić information content (AvgIpc) is 3.18. The fourth-order valence-corrected chi connectivity index (χ4v) is 4.13. The van der Waals surface area contributed by atoms with Crippen LogP contribution >= 0.6 is 0 Å². The Morgan fingerprint density at radius 3 is 2.86 bits per heavy atom. The molecule has 2 aliphatic rings. The van der Waals surface area contributed by atoms with Crippen molar-refractivity contribution < 1.29 is 14.8 Å². The summed E-state index contributed by atoms with van der Waals surface area (Å²) in [5.41, 5.74) is 3.22. The van der Waals surface area contributed by atoms with E-state index >= 15 is 0 Å². The van der Waals surface area contributed by atoms with Crippen LogP contribution in [0.4, 0.5) is 17.1 Å². The number of hydrogen-bond acceptors (Lipinski definition) is 5. The molecule has 4 rings (SSSR count). The first-order valence-electron chi connectivity index (χ1n) is 9.32. The fourth-order valence-electron chi connectivity index (χ4n) is 4.13. The number of non-ortho nitro benzene ring substituents is 1. The number of nitrogens with one attached hydrogen (secondary N) is 2. The molecule has 0 saturated heterocycles. The molecule has 2 aromatic rings. The minimum Gasteiger partial charge on any atom is -0.508 e.